The van der Waals surface area contributed by atoms with Crippen molar-refractivity contribution in [2.75, 3.05) is 46.8 Å². The predicted molar refractivity (Wildman–Crippen MR) is 109 cm³/mol. The van der Waals surface area contributed by atoms with E-state index in [4.69, 9.17) is 4.74 Å². The lowest BCUT2D eigenvalue weighted by Crippen LogP contribution is -2.37. The molecule has 0 bridgehead atoms. The molecule has 27 heavy (non-hydrogen) atoms. The Hall–Kier alpha value is -1.61. The van der Waals surface area contributed by atoms with E-state index in [0.29, 0.717) is 12.5 Å². The van der Waals surface area contributed by atoms with Gasteiger partial charge in [-0.05, 0) is 50.2 Å². The van der Waals surface area contributed by atoms with Crippen LogP contribution < -0.4 is 5.32 Å². The maximum Gasteiger partial charge on any atom is 0.409 e. The molecule has 8 nitrogen and oxygen atoms in total. The van der Waals surface area contributed by atoms with Gasteiger partial charge in [-0.2, -0.15) is 0 Å². The van der Waals surface area contributed by atoms with E-state index in [1.807, 2.05) is 0 Å². The van der Waals surface area contributed by atoms with Crippen molar-refractivity contribution in [2.24, 2.45) is 5.92 Å². The van der Waals surface area contributed by atoms with E-state index >= 15 is 0 Å². The van der Waals surface area contributed by atoms with Crippen LogP contribution in [0.5, 0.6) is 0 Å². The molecule has 1 aliphatic heterocycles. The van der Waals surface area contributed by atoms with Gasteiger partial charge in [-0.25, -0.2) is 4.79 Å². The Kier molecular flexibility index (Phi) is 12.0. The van der Waals surface area contributed by atoms with Crippen LogP contribution in [0.1, 0.15) is 12.0 Å². The Morgan fingerprint density at radius 3 is 2.48 bits per heavy atom. The molecule has 1 atom stereocenters. The van der Waals surface area contributed by atoms with Crippen LogP contribution in [0.4, 0.5) is 10.5 Å². The second kappa shape index (κ2) is 12.7. The van der Waals surface area contributed by atoms with Crippen LogP contribution in [0.25, 0.3) is 0 Å². The first-order valence-electron chi connectivity index (χ1n) is 8.46. The number of nitrogens with one attached hydrogen (secondary N) is 1. The van der Waals surface area contributed by atoms with Crippen molar-refractivity contribution >= 4 is 36.6 Å². The van der Waals surface area contributed by atoms with Gasteiger partial charge in [-0.15, -0.1) is 24.8 Å². The second-order valence-electron chi connectivity index (χ2n) is 6.52. The molecule has 0 unspecified atom stereocenters. The number of carbonyl (C=O) groups excluding carboxylic acids is 1. The van der Waals surface area contributed by atoms with Gasteiger partial charge in [0, 0.05) is 38.8 Å². The number of carbonyl (C=O) groups is 1. The zero-order valence-corrected chi connectivity index (χ0v) is 17.3. The van der Waals surface area contributed by atoms with Gasteiger partial charge in [-0.3, -0.25) is 10.1 Å². The number of nitrogens with zero attached hydrogens (tertiary/aromatic N) is 3. The lowest BCUT2D eigenvalue weighted by Gasteiger charge is -2.23. The van der Waals surface area contributed by atoms with Gasteiger partial charge in [0.05, 0.1) is 4.92 Å². The number of nitro groups is 1. The number of hydrogen-bond donors (Lipinski definition) is 1. The van der Waals surface area contributed by atoms with Crippen molar-refractivity contribution in [1.29, 1.82) is 0 Å². The molecule has 0 aromatic heterocycles. The molecule has 1 fully saturated rings. The number of rotatable bonds is 8. The van der Waals surface area contributed by atoms with E-state index < -0.39 is 11.0 Å². The van der Waals surface area contributed by atoms with Gasteiger partial charge in [0.15, 0.2) is 0 Å². The number of non-ortho nitro benzene ring substituents is 1. The summed E-state index contributed by atoms with van der Waals surface area (Å²) < 4.78 is 5.24. The molecule has 1 N–H and O–H groups in total. The standard InChI is InChI=1S/C17H26N4O4.2ClH/c1-19(12-15-7-8-18-11-15)9-10-20(2)17(22)25-13-14-3-5-16(6-4-14)21(23)24;;/h3-6,15,18H,7-13H2,1-2H3;2*1H/t15-;;/m0../s1. The summed E-state index contributed by atoms with van der Waals surface area (Å²) in [6, 6.07) is 5.99. The van der Waals surface area contributed by atoms with Gasteiger partial charge in [0.1, 0.15) is 6.61 Å². The van der Waals surface area contributed by atoms with E-state index in [-0.39, 0.29) is 37.1 Å². The van der Waals surface area contributed by atoms with Crippen molar-refractivity contribution in [2.45, 2.75) is 13.0 Å². The van der Waals surface area contributed by atoms with Gasteiger partial charge in [0.2, 0.25) is 0 Å². The number of amides is 1. The fourth-order valence-corrected chi connectivity index (χ4v) is 2.78. The molecule has 0 radical (unpaired) electrons. The summed E-state index contributed by atoms with van der Waals surface area (Å²) in [5, 5.41) is 14.0. The average molecular weight is 423 g/mol. The third-order valence-corrected chi connectivity index (χ3v) is 4.37. The Bertz CT molecular complexity index is 583. The van der Waals surface area contributed by atoms with Crippen LogP contribution in [0, 0.1) is 16.0 Å². The number of benzene rings is 1. The van der Waals surface area contributed by atoms with Crippen LogP contribution >= 0.6 is 24.8 Å². The second-order valence-corrected chi connectivity index (χ2v) is 6.52. The first kappa shape index (κ1) is 25.4. The van der Waals surface area contributed by atoms with Crippen molar-refractivity contribution in [3.63, 3.8) is 0 Å². The molecule has 0 saturated carbocycles. The maximum absolute atomic E-state index is 12.0. The van der Waals surface area contributed by atoms with E-state index in [0.717, 1.165) is 31.7 Å². The molecule has 0 aliphatic carbocycles. The van der Waals surface area contributed by atoms with E-state index in [1.54, 1.807) is 24.1 Å². The number of ether oxygens (including phenoxy) is 1. The topological polar surface area (TPSA) is 88.0 Å². The van der Waals surface area contributed by atoms with Crippen LogP contribution in [-0.4, -0.2) is 67.6 Å². The molecule has 154 valence electrons. The first-order valence-corrected chi connectivity index (χ1v) is 8.46. The minimum atomic E-state index is -0.457. The summed E-state index contributed by atoms with van der Waals surface area (Å²) in [5.74, 6) is 0.685. The predicted octanol–water partition coefficient (Wildman–Crippen LogP) is 2.55. The number of nitro benzene ring substituents is 1. The minimum absolute atomic E-state index is 0. The van der Waals surface area contributed by atoms with Crippen LogP contribution in [0.3, 0.4) is 0 Å². The summed E-state index contributed by atoms with van der Waals surface area (Å²) in [7, 11) is 3.78. The maximum atomic E-state index is 12.0. The normalized spacial score (nSPS) is 15.6. The lowest BCUT2D eigenvalue weighted by molar-refractivity contribution is -0.384. The van der Waals surface area contributed by atoms with Crippen molar-refractivity contribution in [1.82, 2.24) is 15.1 Å². The van der Waals surface area contributed by atoms with Crippen LogP contribution in [0.15, 0.2) is 24.3 Å². The summed E-state index contributed by atoms with van der Waals surface area (Å²) in [6.45, 7) is 4.67. The molecule has 2 rings (SSSR count). The molecule has 1 aliphatic rings. The summed E-state index contributed by atoms with van der Waals surface area (Å²) in [4.78, 5) is 26.0. The summed E-state index contributed by atoms with van der Waals surface area (Å²) in [5.41, 5.74) is 0.742. The van der Waals surface area contributed by atoms with Gasteiger partial charge in [-0.1, -0.05) is 0 Å². The van der Waals surface area contributed by atoms with Gasteiger partial charge < -0.3 is 19.9 Å². The molecule has 0 spiro atoms. The molecule has 1 aromatic carbocycles. The molecule has 1 amide bonds. The third-order valence-electron chi connectivity index (χ3n) is 4.37. The van der Waals surface area contributed by atoms with E-state index in [1.165, 1.54) is 18.6 Å². The molecule has 1 saturated heterocycles. The Morgan fingerprint density at radius 1 is 1.26 bits per heavy atom. The Labute approximate surface area is 172 Å². The van der Waals surface area contributed by atoms with Gasteiger partial charge >= 0.3 is 6.09 Å². The smallest absolute Gasteiger partial charge is 0.409 e. The van der Waals surface area contributed by atoms with Crippen molar-refractivity contribution in [3.8, 4) is 0 Å². The zero-order valence-electron chi connectivity index (χ0n) is 15.6. The summed E-state index contributed by atoms with van der Waals surface area (Å²) in [6.07, 6.45) is 0.812. The Balaban J connectivity index is 0.00000338. The van der Waals surface area contributed by atoms with Crippen molar-refractivity contribution < 1.29 is 14.5 Å². The fraction of sp³-hybridized carbons (Fsp3) is 0.588. The third kappa shape index (κ3) is 8.75. The minimum Gasteiger partial charge on any atom is -0.445 e. The summed E-state index contributed by atoms with van der Waals surface area (Å²) >= 11 is 0. The number of halogens is 2. The molecule has 1 heterocycles. The highest BCUT2D eigenvalue weighted by Crippen LogP contribution is 2.13. The molecular formula is C17H28Cl2N4O4. The molecular weight excluding hydrogens is 395 g/mol. The fourth-order valence-electron chi connectivity index (χ4n) is 2.78. The van der Waals surface area contributed by atoms with E-state index in [9.17, 15) is 14.9 Å². The lowest BCUT2D eigenvalue weighted by atomic mass is 10.1. The molecule has 10 heteroatoms. The van der Waals surface area contributed by atoms with Crippen molar-refractivity contribution in [3.05, 3.63) is 39.9 Å². The first-order chi connectivity index (χ1) is 12.0. The van der Waals surface area contributed by atoms with Gasteiger partial charge in [0.25, 0.3) is 5.69 Å². The van der Waals surface area contributed by atoms with Crippen LogP contribution in [-0.2, 0) is 11.3 Å². The Morgan fingerprint density at radius 2 is 1.93 bits per heavy atom. The average Bonchev–Trinajstić information content (AvgIpc) is 3.10. The SMILES string of the molecule is CN(CCN(C)C(=O)OCc1ccc([N+](=O)[O-])cc1)C[C@H]1CCNC1.Cl.Cl. The monoisotopic (exact) mass is 422 g/mol. The zero-order chi connectivity index (χ0) is 18.2. The number of hydrogen-bond acceptors (Lipinski definition) is 6. The largest absolute Gasteiger partial charge is 0.445 e. The highest BCUT2D eigenvalue weighted by atomic mass is 35.5. The highest BCUT2D eigenvalue weighted by Gasteiger charge is 2.17. The van der Waals surface area contributed by atoms with E-state index in [2.05, 4.69) is 17.3 Å². The quantitative estimate of drug-likeness (QED) is 0.511. The number of likely N-dealkylation sites (N-methyl/N-ethyl adjacent to an activating group) is 2. The highest BCUT2D eigenvalue weighted by molar-refractivity contribution is 5.85. The van der Waals surface area contributed by atoms with Crippen LogP contribution in [0.2, 0.25) is 0 Å². The molecule has 1 aromatic rings.